The molecule has 0 heterocycles. The molecule has 2 aliphatic carbocycles. The van der Waals surface area contributed by atoms with Gasteiger partial charge < -0.3 is 9.47 Å². The molecular formula is C32H18O6. The van der Waals surface area contributed by atoms with Crippen LogP contribution in [0.25, 0.3) is 11.5 Å². The van der Waals surface area contributed by atoms with Crippen LogP contribution in [0.3, 0.4) is 0 Å². The summed E-state index contributed by atoms with van der Waals surface area (Å²) >= 11 is 0. The molecule has 38 heavy (non-hydrogen) atoms. The summed E-state index contributed by atoms with van der Waals surface area (Å²) in [5, 5.41) is 0. The molecule has 4 aromatic rings. The van der Waals surface area contributed by atoms with Gasteiger partial charge in [-0.05, 0) is 24.3 Å². The number of hydrogen-bond donors (Lipinski definition) is 0. The Labute approximate surface area is 217 Å². The topological polar surface area (TPSA) is 86.7 Å². The minimum absolute atomic E-state index is 0.0585. The number of ketones is 2. The van der Waals surface area contributed by atoms with E-state index in [1.165, 1.54) is 0 Å². The SMILES string of the molecule is O=C(OC1=C2C(=O)c3ccccc3C(OC(=O)c3ccccc3)=C2C(=O)c2ccccc21)c1ccccc1. The van der Waals surface area contributed by atoms with Gasteiger partial charge in [0.2, 0.25) is 0 Å². The summed E-state index contributed by atoms with van der Waals surface area (Å²) in [6.07, 6.45) is 0. The fourth-order valence-electron chi connectivity index (χ4n) is 4.62. The molecule has 6 rings (SSSR count). The van der Waals surface area contributed by atoms with Crippen LogP contribution in [0.5, 0.6) is 0 Å². The van der Waals surface area contributed by atoms with E-state index in [9.17, 15) is 19.2 Å². The number of fused-ring (bicyclic) bond motifs is 3. The van der Waals surface area contributed by atoms with E-state index < -0.39 is 23.5 Å². The molecule has 0 aliphatic heterocycles. The summed E-state index contributed by atoms with van der Waals surface area (Å²) in [5.41, 5.74) is 1.38. The first-order valence-corrected chi connectivity index (χ1v) is 11.9. The van der Waals surface area contributed by atoms with Crippen molar-refractivity contribution in [1.29, 1.82) is 0 Å². The van der Waals surface area contributed by atoms with Crippen molar-refractivity contribution < 1.29 is 28.7 Å². The van der Waals surface area contributed by atoms with Crippen molar-refractivity contribution in [3.8, 4) is 0 Å². The second kappa shape index (κ2) is 9.26. The third-order valence-corrected chi connectivity index (χ3v) is 6.40. The highest BCUT2D eigenvalue weighted by Gasteiger charge is 2.43. The van der Waals surface area contributed by atoms with E-state index >= 15 is 0 Å². The number of esters is 2. The van der Waals surface area contributed by atoms with Gasteiger partial charge >= 0.3 is 11.9 Å². The Morgan fingerprint density at radius 1 is 0.421 bits per heavy atom. The zero-order valence-electron chi connectivity index (χ0n) is 19.8. The maximum absolute atomic E-state index is 13.9. The van der Waals surface area contributed by atoms with Crippen LogP contribution in [0, 0.1) is 0 Å². The van der Waals surface area contributed by atoms with Crippen molar-refractivity contribution in [3.05, 3.63) is 154 Å². The van der Waals surface area contributed by atoms with Crippen molar-refractivity contribution in [3.63, 3.8) is 0 Å². The number of carbonyl (C=O) groups excluding carboxylic acids is 4. The number of allylic oxidation sites excluding steroid dienone is 2. The molecule has 6 heteroatoms. The average molecular weight is 498 g/mol. The molecule has 0 bridgehead atoms. The van der Waals surface area contributed by atoms with Gasteiger partial charge in [0.15, 0.2) is 23.1 Å². The van der Waals surface area contributed by atoms with Gasteiger partial charge in [0.25, 0.3) is 0 Å². The Hall–Kier alpha value is -5.36. The van der Waals surface area contributed by atoms with Gasteiger partial charge in [-0.1, -0.05) is 84.9 Å². The van der Waals surface area contributed by atoms with Gasteiger partial charge in [0, 0.05) is 22.3 Å². The summed E-state index contributed by atoms with van der Waals surface area (Å²) in [4.78, 5) is 54.0. The molecule has 0 atom stereocenters. The summed E-state index contributed by atoms with van der Waals surface area (Å²) < 4.78 is 11.7. The Kier molecular flexibility index (Phi) is 5.62. The molecule has 182 valence electrons. The van der Waals surface area contributed by atoms with E-state index in [2.05, 4.69) is 0 Å². The summed E-state index contributed by atoms with van der Waals surface area (Å²) in [6.45, 7) is 0. The van der Waals surface area contributed by atoms with Crippen LogP contribution in [0.1, 0.15) is 52.6 Å². The Morgan fingerprint density at radius 2 is 0.737 bits per heavy atom. The first kappa shape index (κ1) is 23.1. The zero-order chi connectivity index (χ0) is 26.2. The second-order valence-electron chi connectivity index (χ2n) is 8.67. The standard InChI is InChI=1S/C32H18O6/c33-27-22-16-8-10-18-24(22)30(38-32(36)20-13-5-2-6-14-20)26-25(27)29(23-17-9-7-15-21(23)28(26)34)37-31(35)19-11-3-1-4-12-19/h1-18H. The van der Waals surface area contributed by atoms with E-state index in [0.29, 0.717) is 11.1 Å². The molecule has 0 N–H and O–H groups in total. The molecule has 0 radical (unpaired) electrons. The molecule has 0 saturated heterocycles. The summed E-state index contributed by atoms with van der Waals surface area (Å²) in [6, 6.07) is 29.8. The number of carbonyl (C=O) groups is 4. The number of benzene rings is 4. The van der Waals surface area contributed by atoms with E-state index in [4.69, 9.17) is 9.47 Å². The lowest BCUT2D eigenvalue weighted by atomic mass is 9.76. The van der Waals surface area contributed by atoms with E-state index in [1.807, 2.05) is 0 Å². The van der Waals surface area contributed by atoms with Crippen LogP contribution in [0.2, 0.25) is 0 Å². The molecule has 0 fully saturated rings. The second-order valence-corrected chi connectivity index (χ2v) is 8.67. The van der Waals surface area contributed by atoms with Crippen molar-refractivity contribution in [2.75, 3.05) is 0 Å². The quantitative estimate of drug-likeness (QED) is 0.325. The normalized spacial score (nSPS) is 13.9. The zero-order valence-corrected chi connectivity index (χ0v) is 19.8. The van der Waals surface area contributed by atoms with Crippen molar-refractivity contribution in [2.24, 2.45) is 0 Å². The minimum Gasteiger partial charge on any atom is -0.421 e. The number of rotatable bonds is 4. The van der Waals surface area contributed by atoms with Crippen LogP contribution in [0.15, 0.2) is 120 Å². The van der Waals surface area contributed by atoms with E-state index in [1.54, 1.807) is 109 Å². The minimum atomic E-state index is -0.689. The maximum atomic E-state index is 13.9. The fourth-order valence-corrected chi connectivity index (χ4v) is 4.62. The molecule has 0 aromatic heterocycles. The molecule has 0 unspecified atom stereocenters. The average Bonchev–Trinajstić information content (AvgIpc) is 2.97. The number of hydrogen-bond acceptors (Lipinski definition) is 6. The predicted molar refractivity (Wildman–Crippen MR) is 139 cm³/mol. The molecule has 4 aromatic carbocycles. The van der Waals surface area contributed by atoms with E-state index in [0.717, 1.165) is 0 Å². The molecule has 0 amide bonds. The first-order valence-electron chi connectivity index (χ1n) is 11.9. The monoisotopic (exact) mass is 498 g/mol. The van der Waals surface area contributed by atoms with Crippen LogP contribution in [-0.2, 0) is 9.47 Å². The van der Waals surface area contributed by atoms with Crippen LogP contribution < -0.4 is 0 Å². The lowest BCUT2D eigenvalue weighted by Crippen LogP contribution is -2.28. The predicted octanol–water partition coefficient (Wildman–Crippen LogP) is 5.92. The lowest BCUT2D eigenvalue weighted by molar-refractivity contribution is 0.0671. The van der Waals surface area contributed by atoms with Gasteiger partial charge in [-0.3, -0.25) is 9.59 Å². The van der Waals surface area contributed by atoms with Crippen LogP contribution >= 0.6 is 0 Å². The van der Waals surface area contributed by atoms with Gasteiger partial charge in [0.1, 0.15) is 0 Å². The number of Topliss-reactive ketones (excluding diaryl/α,β-unsaturated/α-hetero) is 2. The first-order chi connectivity index (χ1) is 18.5. The number of ether oxygens (including phenoxy) is 2. The van der Waals surface area contributed by atoms with Crippen molar-refractivity contribution in [1.82, 2.24) is 0 Å². The Bertz CT molecular complexity index is 1580. The summed E-state index contributed by atoms with van der Waals surface area (Å²) in [7, 11) is 0. The summed E-state index contributed by atoms with van der Waals surface area (Å²) in [5.74, 6) is -2.51. The van der Waals surface area contributed by atoms with Gasteiger partial charge in [0.05, 0.1) is 22.3 Å². The highest BCUT2D eigenvalue weighted by atomic mass is 16.5. The van der Waals surface area contributed by atoms with Crippen LogP contribution in [0.4, 0.5) is 0 Å². The van der Waals surface area contributed by atoms with Gasteiger partial charge in [-0.15, -0.1) is 0 Å². The van der Waals surface area contributed by atoms with Gasteiger partial charge in [-0.2, -0.15) is 0 Å². The van der Waals surface area contributed by atoms with Crippen molar-refractivity contribution >= 4 is 35.0 Å². The van der Waals surface area contributed by atoms with E-state index in [-0.39, 0.29) is 44.9 Å². The molecule has 0 saturated carbocycles. The highest BCUT2D eigenvalue weighted by Crippen LogP contribution is 2.45. The largest absolute Gasteiger partial charge is 0.421 e. The third-order valence-electron chi connectivity index (χ3n) is 6.40. The smallest absolute Gasteiger partial charge is 0.343 e. The lowest BCUT2D eigenvalue weighted by Gasteiger charge is -2.29. The Morgan fingerprint density at radius 3 is 1.11 bits per heavy atom. The maximum Gasteiger partial charge on any atom is 0.343 e. The molecule has 2 aliphatic rings. The third kappa shape index (κ3) is 3.76. The molecular weight excluding hydrogens is 480 g/mol. The molecule has 6 nitrogen and oxygen atoms in total. The highest BCUT2D eigenvalue weighted by molar-refractivity contribution is 6.34. The molecule has 0 spiro atoms. The van der Waals surface area contributed by atoms with Crippen molar-refractivity contribution in [2.45, 2.75) is 0 Å². The fraction of sp³-hybridized carbons (Fsp3) is 0. The van der Waals surface area contributed by atoms with Gasteiger partial charge in [-0.25, -0.2) is 9.59 Å². The Balaban J connectivity index is 1.60. The van der Waals surface area contributed by atoms with Crippen LogP contribution in [-0.4, -0.2) is 23.5 Å².